The molecule has 0 spiro atoms. The first-order valence-corrected chi connectivity index (χ1v) is 4.68. The van der Waals surface area contributed by atoms with Gasteiger partial charge in [0.25, 0.3) is 0 Å². The molecule has 3 nitrogen and oxygen atoms in total. The van der Waals surface area contributed by atoms with Crippen molar-refractivity contribution in [1.82, 2.24) is 0 Å². The number of benzene rings is 1. The van der Waals surface area contributed by atoms with Gasteiger partial charge in [0.05, 0.1) is 6.61 Å². The summed E-state index contributed by atoms with van der Waals surface area (Å²) in [6.07, 6.45) is -1.95. The second kappa shape index (κ2) is 5.46. The molecule has 4 heteroatoms. The van der Waals surface area contributed by atoms with Crippen molar-refractivity contribution in [2.75, 3.05) is 6.61 Å². The molecule has 82 valence electrons. The van der Waals surface area contributed by atoms with Crippen LogP contribution in [0.2, 0.25) is 0 Å². The number of aliphatic carboxylic acids is 1. The Bertz CT molecular complexity index is 321. The Balaban J connectivity index is 2.67. The molecule has 0 heterocycles. The fourth-order valence-corrected chi connectivity index (χ4v) is 1.15. The summed E-state index contributed by atoms with van der Waals surface area (Å²) in [5, 5.41) is 8.45. The highest BCUT2D eigenvalue weighted by molar-refractivity contribution is 5.74. The first-order valence-electron chi connectivity index (χ1n) is 4.68. The molecule has 0 aliphatic rings. The number of hydrogen-bond donors (Lipinski definition) is 1. The van der Waals surface area contributed by atoms with Crippen LogP contribution in [0.5, 0.6) is 0 Å². The van der Waals surface area contributed by atoms with E-state index in [2.05, 4.69) is 0 Å². The van der Waals surface area contributed by atoms with Crippen LogP contribution < -0.4 is 0 Å². The van der Waals surface area contributed by atoms with Crippen molar-refractivity contribution >= 4 is 5.97 Å². The summed E-state index contributed by atoms with van der Waals surface area (Å²) < 4.78 is 18.2. The lowest BCUT2D eigenvalue weighted by Gasteiger charge is -2.05. The Labute approximate surface area is 87.5 Å². The van der Waals surface area contributed by atoms with E-state index in [1.165, 1.54) is 12.1 Å². The van der Waals surface area contributed by atoms with Crippen molar-refractivity contribution in [1.29, 1.82) is 0 Å². The van der Waals surface area contributed by atoms with E-state index in [9.17, 15) is 9.18 Å². The molecule has 0 bridgehead atoms. The van der Waals surface area contributed by atoms with Crippen LogP contribution >= 0.6 is 0 Å². The molecule has 1 aromatic carbocycles. The lowest BCUT2D eigenvalue weighted by atomic mass is 10.1. The number of rotatable bonds is 5. The van der Waals surface area contributed by atoms with E-state index < -0.39 is 12.1 Å². The summed E-state index contributed by atoms with van der Waals surface area (Å²) in [5.74, 6) is -1.47. The normalized spacial score (nSPS) is 12.4. The van der Waals surface area contributed by atoms with E-state index >= 15 is 0 Å². The first-order chi connectivity index (χ1) is 7.15. The van der Waals surface area contributed by atoms with E-state index in [1.54, 1.807) is 12.1 Å². The number of carboxylic acid groups (broad SMARTS) is 1. The van der Waals surface area contributed by atoms with Crippen molar-refractivity contribution in [2.45, 2.75) is 19.7 Å². The maximum Gasteiger partial charge on any atom is 0.343 e. The number of hydrogen-bond acceptors (Lipinski definition) is 2. The molecule has 0 amide bonds. The van der Waals surface area contributed by atoms with E-state index in [0.717, 1.165) is 5.56 Å². The molecule has 0 fully saturated rings. The van der Waals surface area contributed by atoms with Gasteiger partial charge in [0.15, 0.2) is 0 Å². The zero-order valence-corrected chi connectivity index (χ0v) is 8.44. The van der Waals surface area contributed by atoms with Gasteiger partial charge in [0, 0.05) is 6.61 Å². The van der Waals surface area contributed by atoms with E-state index in [4.69, 9.17) is 9.84 Å². The molecule has 0 radical (unpaired) electrons. The predicted molar refractivity (Wildman–Crippen MR) is 53.3 cm³/mol. The smallest absolute Gasteiger partial charge is 0.343 e. The number of ether oxygens (including phenoxy) is 1. The van der Waals surface area contributed by atoms with Gasteiger partial charge in [0.2, 0.25) is 6.17 Å². The van der Waals surface area contributed by atoms with Crippen molar-refractivity contribution in [3.8, 4) is 0 Å². The summed E-state index contributed by atoms with van der Waals surface area (Å²) in [7, 11) is 0. The van der Waals surface area contributed by atoms with Gasteiger partial charge in [0.1, 0.15) is 0 Å². The second-order valence-electron chi connectivity index (χ2n) is 3.08. The summed E-state index contributed by atoms with van der Waals surface area (Å²) in [4.78, 5) is 10.4. The van der Waals surface area contributed by atoms with E-state index in [0.29, 0.717) is 13.2 Å². The first kappa shape index (κ1) is 11.7. The molecule has 0 aromatic heterocycles. The maximum absolute atomic E-state index is 13.0. The fraction of sp³-hybridized carbons (Fsp3) is 0.364. The summed E-state index contributed by atoms with van der Waals surface area (Å²) >= 11 is 0. The van der Waals surface area contributed by atoms with Crippen LogP contribution in [0.15, 0.2) is 24.3 Å². The maximum atomic E-state index is 13.0. The molecular weight excluding hydrogens is 199 g/mol. The lowest BCUT2D eigenvalue weighted by Crippen LogP contribution is -2.05. The predicted octanol–water partition coefficient (Wildman–Crippen LogP) is 2.32. The molecule has 1 N–H and O–H groups in total. The summed E-state index contributed by atoms with van der Waals surface area (Å²) in [6.45, 7) is 2.96. The third-order valence-electron chi connectivity index (χ3n) is 1.96. The van der Waals surface area contributed by atoms with Gasteiger partial charge < -0.3 is 9.84 Å². The monoisotopic (exact) mass is 212 g/mol. The average molecular weight is 212 g/mol. The Morgan fingerprint density at radius 3 is 2.53 bits per heavy atom. The third kappa shape index (κ3) is 3.32. The molecule has 15 heavy (non-hydrogen) atoms. The number of halogens is 1. The zero-order chi connectivity index (χ0) is 11.3. The van der Waals surface area contributed by atoms with Gasteiger partial charge in [-0.15, -0.1) is 0 Å². The Kier molecular flexibility index (Phi) is 4.24. The highest BCUT2D eigenvalue weighted by atomic mass is 19.1. The number of carbonyl (C=O) groups is 1. The van der Waals surface area contributed by atoms with Crippen molar-refractivity contribution < 1.29 is 19.0 Å². The van der Waals surface area contributed by atoms with Crippen LogP contribution in [0.3, 0.4) is 0 Å². The molecule has 1 aromatic rings. The molecule has 0 aliphatic carbocycles. The van der Waals surface area contributed by atoms with Gasteiger partial charge >= 0.3 is 5.97 Å². The van der Waals surface area contributed by atoms with Gasteiger partial charge in [-0.05, 0) is 18.1 Å². The minimum absolute atomic E-state index is 0.155. The quantitative estimate of drug-likeness (QED) is 0.814. The second-order valence-corrected chi connectivity index (χ2v) is 3.08. The molecule has 0 saturated carbocycles. The van der Waals surface area contributed by atoms with Gasteiger partial charge in [-0.25, -0.2) is 9.18 Å². The summed E-state index contributed by atoms with van der Waals surface area (Å²) in [6, 6.07) is 6.27. The van der Waals surface area contributed by atoms with E-state index in [-0.39, 0.29) is 5.56 Å². The van der Waals surface area contributed by atoms with Crippen LogP contribution in [-0.2, 0) is 16.1 Å². The molecule has 1 atom stereocenters. The highest BCUT2D eigenvalue weighted by Crippen LogP contribution is 2.18. The van der Waals surface area contributed by atoms with Crippen LogP contribution in [0.1, 0.15) is 24.2 Å². The zero-order valence-electron chi connectivity index (χ0n) is 8.44. The minimum Gasteiger partial charge on any atom is -0.479 e. The van der Waals surface area contributed by atoms with Crippen molar-refractivity contribution in [2.24, 2.45) is 0 Å². The highest BCUT2D eigenvalue weighted by Gasteiger charge is 2.17. The molecule has 0 saturated heterocycles. The standard InChI is InChI=1S/C11H13FO3/c1-2-15-7-8-3-5-9(6-4-8)10(12)11(13)14/h3-6,10H,2,7H2,1H3,(H,13,14). The molecule has 1 unspecified atom stereocenters. The third-order valence-corrected chi connectivity index (χ3v) is 1.96. The Morgan fingerprint density at radius 2 is 2.07 bits per heavy atom. The fourth-order valence-electron chi connectivity index (χ4n) is 1.15. The molecule has 0 aliphatic heterocycles. The Morgan fingerprint density at radius 1 is 1.47 bits per heavy atom. The largest absolute Gasteiger partial charge is 0.479 e. The number of carboxylic acids is 1. The lowest BCUT2D eigenvalue weighted by molar-refractivity contribution is -0.143. The molecule has 1 rings (SSSR count). The van der Waals surface area contributed by atoms with Gasteiger partial charge in [-0.3, -0.25) is 0 Å². The Hall–Kier alpha value is -1.42. The average Bonchev–Trinajstić information content (AvgIpc) is 2.26. The van der Waals surface area contributed by atoms with Crippen LogP contribution in [-0.4, -0.2) is 17.7 Å². The van der Waals surface area contributed by atoms with Gasteiger partial charge in [-0.2, -0.15) is 0 Å². The van der Waals surface area contributed by atoms with Crippen molar-refractivity contribution in [3.05, 3.63) is 35.4 Å². The minimum atomic E-state index is -1.95. The van der Waals surface area contributed by atoms with Crippen LogP contribution in [0.4, 0.5) is 4.39 Å². The molecular formula is C11H13FO3. The van der Waals surface area contributed by atoms with Crippen molar-refractivity contribution in [3.63, 3.8) is 0 Å². The van der Waals surface area contributed by atoms with Gasteiger partial charge in [-0.1, -0.05) is 24.3 Å². The summed E-state index contributed by atoms with van der Waals surface area (Å²) in [5.41, 5.74) is 1.06. The van der Waals surface area contributed by atoms with E-state index in [1.807, 2.05) is 6.92 Å². The topological polar surface area (TPSA) is 46.5 Å². The number of alkyl halides is 1. The SMILES string of the molecule is CCOCc1ccc(C(F)C(=O)O)cc1. The van der Waals surface area contributed by atoms with Crippen LogP contribution in [0.25, 0.3) is 0 Å². The van der Waals surface area contributed by atoms with Crippen LogP contribution in [0, 0.1) is 0 Å².